The summed E-state index contributed by atoms with van der Waals surface area (Å²) >= 11 is 0. The van der Waals surface area contributed by atoms with Crippen LogP contribution in [0.15, 0.2) is 30.3 Å². The van der Waals surface area contributed by atoms with E-state index in [1.54, 1.807) is 51.1 Å². The monoisotopic (exact) mass is 350 g/mol. The van der Waals surface area contributed by atoms with Gasteiger partial charge in [-0.3, -0.25) is 4.90 Å². The molecular weight excluding hydrogens is 328 g/mol. The lowest BCUT2D eigenvalue weighted by atomic mass is 10.2. The first-order chi connectivity index (χ1) is 11.7. The van der Waals surface area contributed by atoms with Crippen molar-refractivity contribution in [2.75, 3.05) is 19.6 Å². The molecule has 0 aliphatic carbocycles. The lowest BCUT2D eigenvalue weighted by Gasteiger charge is -2.38. The Kier molecular flexibility index (Phi) is 5.63. The Morgan fingerprint density at radius 2 is 1.76 bits per heavy atom. The van der Waals surface area contributed by atoms with Gasteiger partial charge in [-0.25, -0.2) is 14.4 Å². The summed E-state index contributed by atoms with van der Waals surface area (Å²) in [5, 5.41) is 10.7. The van der Waals surface area contributed by atoms with Crippen molar-refractivity contribution in [2.24, 2.45) is 0 Å². The second-order valence-corrected chi connectivity index (χ2v) is 6.66. The fourth-order valence-corrected chi connectivity index (χ4v) is 2.34. The van der Waals surface area contributed by atoms with Crippen LogP contribution >= 0.6 is 0 Å². The molecule has 0 bridgehead atoms. The fourth-order valence-electron chi connectivity index (χ4n) is 2.34. The number of nitrogens with zero attached hydrogens (tertiary/aromatic N) is 2. The minimum absolute atomic E-state index is 0.0773. The Morgan fingerprint density at radius 1 is 1.12 bits per heavy atom. The molecule has 1 heterocycles. The molecule has 1 aromatic rings. The van der Waals surface area contributed by atoms with Crippen LogP contribution in [0.2, 0.25) is 0 Å². The average molecular weight is 350 g/mol. The van der Waals surface area contributed by atoms with E-state index in [4.69, 9.17) is 9.57 Å². The highest BCUT2D eigenvalue weighted by Gasteiger charge is 2.39. The largest absolute Gasteiger partial charge is 0.480 e. The summed E-state index contributed by atoms with van der Waals surface area (Å²) in [5.74, 6) is -1.76. The summed E-state index contributed by atoms with van der Waals surface area (Å²) in [6.07, 6.45) is -0.700. The van der Waals surface area contributed by atoms with Gasteiger partial charge in [0.2, 0.25) is 0 Å². The average Bonchev–Trinajstić information content (AvgIpc) is 2.53. The molecule has 1 fully saturated rings. The summed E-state index contributed by atoms with van der Waals surface area (Å²) in [6.45, 7) is 5.26. The highest BCUT2D eigenvalue weighted by atomic mass is 16.7. The van der Waals surface area contributed by atoms with E-state index < -0.39 is 29.7 Å². The summed E-state index contributed by atoms with van der Waals surface area (Å²) in [5.41, 5.74) is -0.360. The van der Waals surface area contributed by atoms with Gasteiger partial charge < -0.3 is 14.7 Å². The molecule has 25 heavy (non-hydrogen) atoms. The minimum atomic E-state index is -1.19. The molecular formula is C17H22N2O6. The smallest absolute Gasteiger partial charge is 0.411 e. The Morgan fingerprint density at radius 3 is 2.32 bits per heavy atom. The predicted molar refractivity (Wildman–Crippen MR) is 87.8 cm³/mol. The maximum Gasteiger partial charge on any atom is 0.411 e. The number of aliphatic carboxylic acids is 1. The first-order valence-corrected chi connectivity index (χ1v) is 7.92. The Hall–Kier alpha value is -2.61. The third-order valence-corrected chi connectivity index (χ3v) is 3.48. The summed E-state index contributed by atoms with van der Waals surface area (Å²) in [6, 6.07) is 7.24. The number of rotatable bonds is 3. The number of hydroxylamine groups is 2. The fraction of sp³-hybridized carbons (Fsp3) is 0.471. The van der Waals surface area contributed by atoms with E-state index in [-0.39, 0.29) is 19.6 Å². The number of hydrogen-bond acceptors (Lipinski definition) is 6. The number of carbonyl (C=O) groups is 3. The molecule has 8 nitrogen and oxygen atoms in total. The van der Waals surface area contributed by atoms with E-state index in [1.165, 1.54) is 5.06 Å². The standard InChI is InChI=1S/C17H22N2O6/c1-17(2,3)24-16(23)19-10-9-18(11-13(19)14(20)21)25-15(22)12-7-5-4-6-8-12/h4-8,13H,9-11H2,1-3H3,(H,20,21). The maximum atomic E-state index is 12.2. The number of piperazine rings is 1. The molecule has 2 rings (SSSR count). The Labute approximate surface area is 145 Å². The van der Waals surface area contributed by atoms with Gasteiger partial charge in [0.05, 0.1) is 18.7 Å². The van der Waals surface area contributed by atoms with Gasteiger partial charge in [0.15, 0.2) is 0 Å². The van der Waals surface area contributed by atoms with Crippen LogP contribution in [0.5, 0.6) is 0 Å². The van der Waals surface area contributed by atoms with Gasteiger partial charge in [-0.05, 0) is 32.9 Å². The Balaban J connectivity index is 2.02. The second kappa shape index (κ2) is 7.52. The van der Waals surface area contributed by atoms with Gasteiger partial charge in [0.25, 0.3) is 0 Å². The van der Waals surface area contributed by atoms with Crippen molar-refractivity contribution >= 4 is 18.0 Å². The zero-order valence-electron chi connectivity index (χ0n) is 14.5. The molecule has 1 aliphatic rings. The number of carboxylic acids is 1. The SMILES string of the molecule is CC(C)(C)OC(=O)N1CCN(OC(=O)c2ccccc2)CC1C(=O)O. The molecule has 1 N–H and O–H groups in total. The lowest BCUT2D eigenvalue weighted by molar-refractivity contribution is -0.165. The van der Waals surface area contributed by atoms with Gasteiger partial charge in [-0.15, -0.1) is 5.06 Å². The van der Waals surface area contributed by atoms with Crippen molar-refractivity contribution in [3.05, 3.63) is 35.9 Å². The van der Waals surface area contributed by atoms with E-state index in [0.29, 0.717) is 5.56 Å². The van der Waals surface area contributed by atoms with Crippen LogP contribution in [0.1, 0.15) is 31.1 Å². The van der Waals surface area contributed by atoms with Crippen molar-refractivity contribution in [3.8, 4) is 0 Å². The van der Waals surface area contributed by atoms with Gasteiger partial charge >= 0.3 is 18.0 Å². The van der Waals surface area contributed by atoms with Crippen molar-refractivity contribution < 1.29 is 29.1 Å². The topological polar surface area (TPSA) is 96.4 Å². The van der Waals surface area contributed by atoms with Gasteiger partial charge in [0, 0.05) is 6.54 Å². The molecule has 1 amide bonds. The molecule has 136 valence electrons. The third-order valence-electron chi connectivity index (χ3n) is 3.48. The first kappa shape index (κ1) is 18.7. The molecule has 0 spiro atoms. The van der Waals surface area contributed by atoms with E-state index in [2.05, 4.69) is 0 Å². The molecule has 1 saturated heterocycles. The zero-order chi connectivity index (χ0) is 18.6. The van der Waals surface area contributed by atoms with Crippen LogP contribution in [-0.4, -0.2) is 64.4 Å². The highest BCUT2D eigenvalue weighted by molar-refractivity contribution is 5.89. The third kappa shape index (κ3) is 5.18. The van der Waals surface area contributed by atoms with Crippen molar-refractivity contribution in [1.29, 1.82) is 0 Å². The van der Waals surface area contributed by atoms with Gasteiger partial charge in [-0.1, -0.05) is 18.2 Å². The van der Waals surface area contributed by atoms with E-state index >= 15 is 0 Å². The van der Waals surface area contributed by atoms with Crippen LogP contribution in [0.25, 0.3) is 0 Å². The van der Waals surface area contributed by atoms with E-state index in [1.807, 2.05) is 0 Å². The first-order valence-electron chi connectivity index (χ1n) is 7.92. The van der Waals surface area contributed by atoms with Crippen LogP contribution < -0.4 is 0 Å². The lowest BCUT2D eigenvalue weighted by Crippen LogP contribution is -2.59. The molecule has 0 saturated carbocycles. The Bertz CT molecular complexity index is 640. The quantitative estimate of drug-likeness (QED) is 0.887. The van der Waals surface area contributed by atoms with Gasteiger partial charge in [0.1, 0.15) is 11.6 Å². The number of amides is 1. The van der Waals surface area contributed by atoms with Crippen molar-refractivity contribution in [3.63, 3.8) is 0 Å². The molecule has 8 heteroatoms. The molecule has 1 aromatic carbocycles. The molecule has 1 aliphatic heterocycles. The normalized spacial score (nSPS) is 18.5. The second-order valence-electron chi connectivity index (χ2n) is 6.66. The summed E-state index contributed by atoms with van der Waals surface area (Å²) < 4.78 is 5.24. The maximum absolute atomic E-state index is 12.2. The number of ether oxygens (including phenoxy) is 1. The van der Waals surface area contributed by atoms with Crippen LogP contribution in [0.4, 0.5) is 4.79 Å². The summed E-state index contributed by atoms with van der Waals surface area (Å²) in [7, 11) is 0. The highest BCUT2D eigenvalue weighted by Crippen LogP contribution is 2.17. The van der Waals surface area contributed by atoms with Crippen LogP contribution in [0.3, 0.4) is 0 Å². The van der Waals surface area contributed by atoms with Crippen LogP contribution in [-0.2, 0) is 14.4 Å². The molecule has 0 radical (unpaired) electrons. The predicted octanol–water partition coefficient (Wildman–Crippen LogP) is 1.76. The van der Waals surface area contributed by atoms with Crippen molar-refractivity contribution in [2.45, 2.75) is 32.4 Å². The number of carbonyl (C=O) groups excluding carboxylic acids is 2. The minimum Gasteiger partial charge on any atom is -0.480 e. The number of benzene rings is 1. The molecule has 1 unspecified atom stereocenters. The molecule has 1 atom stereocenters. The van der Waals surface area contributed by atoms with Crippen molar-refractivity contribution in [1.82, 2.24) is 9.96 Å². The molecule has 0 aromatic heterocycles. The van der Waals surface area contributed by atoms with E-state index in [9.17, 15) is 19.5 Å². The van der Waals surface area contributed by atoms with Gasteiger partial charge in [-0.2, -0.15) is 0 Å². The zero-order valence-corrected chi connectivity index (χ0v) is 14.5. The van der Waals surface area contributed by atoms with Crippen LogP contribution in [0, 0.1) is 0 Å². The summed E-state index contributed by atoms with van der Waals surface area (Å²) in [4.78, 5) is 42.2. The number of carboxylic acid groups (broad SMARTS) is 1. The van der Waals surface area contributed by atoms with E-state index in [0.717, 1.165) is 4.90 Å². The number of hydrogen-bond donors (Lipinski definition) is 1.